The zero-order chi connectivity index (χ0) is 15.7. The summed E-state index contributed by atoms with van der Waals surface area (Å²) in [5, 5.41) is 7.53. The lowest BCUT2D eigenvalue weighted by molar-refractivity contribution is 0.0932. The van der Waals surface area contributed by atoms with Crippen molar-refractivity contribution in [1.82, 2.24) is 10.5 Å². The molecule has 0 saturated heterocycles. The van der Waals surface area contributed by atoms with E-state index in [1.165, 1.54) is 0 Å². The van der Waals surface area contributed by atoms with E-state index in [-0.39, 0.29) is 24.4 Å². The van der Waals surface area contributed by atoms with Crippen molar-refractivity contribution in [3.8, 4) is 11.3 Å². The second-order valence-electron chi connectivity index (χ2n) is 5.60. The molecule has 3 N–H and O–H groups in total. The van der Waals surface area contributed by atoms with Crippen LogP contribution in [0.15, 0.2) is 28.8 Å². The standard InChI is InChI=1S/C16H18ClN3O2.ClH/c1-9-14(16(21)19-13(8-18)10-6-7-10)15(20-22-9)11-4-2-3-5-12(11)17;/h2-5,10,13H,6-8,18H2,1H3,(H,19,21);1H. The first-order chi connectivity index (χ1) is 10.6. The van der Waals surface area contributed by atoms with Gasteiger partial charge in [-0.2, -0.15) is 0 Å². The summed E-state index contributed by atoms with van der Waals surface area (Å²) >= 11 is 6.20. The van der Waals surface area contributed by atoms with E-state index in [1.807, 2.05) is 18.2 Å². The lowest BCUT2D eigenvalue weighted by Gasteiger charge is -2.16. The Morgan fingerprint density at radius 3 is 2.78 bits per heavy atom. The van der Waals surface area contributed by atoms with Crippen molar-refractivity contribution in [3.05, 3.63) is 40.6 Å². The minimum atomic E-state index is -0.212. The van der Waals surface area contributed by atoms with Gasteiger partial charge in [-0.1, -0.05) is 35.0 Å². The van der Waals surface area contributed by atoms with Crippen LogP contribution in [0.5, 0.6) is 0 Å². The summed E-state index contributed by atoms with van der Waals surface area (Å²) in [5.41, 5.74) is 7.32. The van der Waals surface area contributed by atoms with E-state index >= 15 is 0 Å². The molecule has 1 aromatic heterocycles. The zero-order valence-corrected chi connectivity index (χ0v) is 14.3. The van der Waals surface area contributed by atoms with Crippen LogP contribution in [0, 0.1) is 12.8 Å². The quantitative estimate of drug-likeness (QED) is 0.862. The summed E-state index contributed by atoms with van der Waals surface area (Å²) in [6.45, 7) is 2.15. The van der Waals surface area contributed by atoms with E-state index in [2.05, 4.69) is 10.5 Å². The number of carbonyl (C=O) groups excluding carboxylic acids is 1. The van der Waals surface area contributed by atoms with E-state index in [4.69, 9.17) is 21.9 Å². The molecule has 7 heteroatoms. The van der Waals surface area contributed by atoms with Crippen molar-refractivity contribution in [2.24, 2.45) is 11.7 Å². The van der Waals surface area contributed by atoms with E-state index in [0.29, 0.717) is 40.1 Å². The van der Waals surface area contributed by atoms with Gasteiger partial charge in [0.1, 0.15) is 17.0 Å². The molecule has 0 bridgehead atoms. The number of rotatable bonds is 5. The molecule has 1 aromatic carbocycles. The summed E-state index contributed by atoms with van der Waals surface area (Å²) in [5.74, 6) is 0.743. The Hall–Kier alpha value is -1.56. The van der Waals surface area contributed by atoms with Crippen molar-refractivity contribution >= 4 is 29.9 Å². The van der Waals surface area contributed by atoms with Gasteiger partial charge in [-0.25, -0.2) is 0 Å². The van der Waals surface area contributed by atoms with E-state index in [0.717, 1.165) is 12.8 Å². The summed E-state index contributed by atoms with van der Waals surface area (Å²) in [7, 11) is 0. The molecular weight excluding hydrogens is 337 g/mol. The fraction of sp³-hybridized carbons (Fsp3) is 0.375. The van der Waals surface area contributed by atoms with Gasteiger partial charge >= 0.3 is 0 Å². The molecule has 23 heavy (non-hydrogen) atoms. The fourth-order valence-electron chi connectivity index (χ4n) is 2.59. The predicted octanol–water partition coefficient (Wildman–Crippen LogP) is 3.19. The monoisotopic (exact) mass is 355 g/mol. The van der Waals surface area contributed by atoms with Gasteiger partial charge < -0.3 is 15.6 Å². The molecule has 1 unspecified atom stereocenters. The fourth-order valence-corrected chi connectivity index (χ4v) is 2.81. The van der Waals surface area contributed by atoms with Gasteiger partial charge in [0, 0.05) is 18.2 Å². The number of nitrogens with zero attached hydrogens (tertiary/aromatic N) is 1. The summed E-state index contributed by atoms with van der Waals surface area (Å²) in [4.78, 5) is 12.6. The van der Waals surface area contributed by atoms with Gasteiger partial charge in [0.2, 0.25) is 0 Å². The highest BCUT2D eigenvalue weighted by Crippen LogP contribution is 2.34. The number of benzene rings is 1. The maximum absolute atomic E-state index is 12.6. The molecule has 1 aliphatic rings. The van der Waals surface area contributed by atoms with Crippen molar-refractivity contribution in [2.75, 3.05) is 6.54 Å². The number of aromatic nitrogens is 1. The second-order valence-corrected chi connectivity index (χ2v) is 6.00. The Morgan fingerprint density at radius 2 is 2.17 bits per heavy atom. The van der Waals surface area contributed by atoms with Crippen LogP contribution in [0.25, 0.3) is 11.3 Å². The third-order valence-electron chi connectivity index (χ3n) is 3.98. The average Bonchev–Trinajstić information content (AvgIpc) is 3.28. The van der Waals surface area contributed by atoms with Crippen LogP contribution in [-0.4, -0.2) is 23.7 Å². The van der Waals surface area contributed by atoms with Crippen LogP contribution in [-0.2, 0) is 0 Å². The Morgan fingerprint density at radius 1 is 1.48 bits per heavy atom. The highest BCUT2D eigenvalue weighted by atomic mass is 35.5. The number of hydrogen-bond acceptors (Lipinski definition) is 4. The maximum Gasteiger partial charge on any atom is 0.257 e. The van der Waals surface area contributed by atoms with E-state index < -0.39 is 0 Å². The number of halogens is 2. The number of carbonyl (C=O) groups is 1. The molecule has 1 heterocycles. The van der Waals surface area contributed by atoms with Crippen molar-refractivity contribution in [3.63, 3.8) is 0 Å². The number of nitrogens with one attached hydrogen (secondary N) is 1. The van der Waals surface area contributed by atoms with E-state index in [1.54, 1.807) is 13.0 Å². The normalized spacial score (nSPS) is 14.9. The topological polar surface area (TPSA) is 81.2 Å². The van der Waals surface area contributed by atoms with Gasteiger partial charge in [-0.3, -0.25) is 4.79 Å². The molecular formula is C16H19Cl2N3O2. The van der Waals surface area contributed by atoms with Crippen LogP contribution >= 0.6 is 24.0 Å². The molecule has 5 nitrogen and oxygen atoms in total. The SMILES string of the molecule is Cc1onc(-c2ccccc2Cl)c1C(=O)NC(CN)C1CC1.Cl. The van der Waals surface area contributed by atoms with Crippen LogP contribution in [0.1, 0.15) is 29.0 Å². The van der Waals surface area contributed by atoms with Crippen LogP contribution in [0.3, 0.4) is 0 Å². The number of aryl methyl sites for hydroxylation is 1. The maximum atomic E-state index is 12.6. The van der Waals surface area contributed by atoms with Crippen molar-refractivity contribution < 1.29 is 9.32 Å². The molecule has 2 aromatic rings. The Labute approximate surface area is 146 Å². The zero-order valence-electron chi connectivity index (χ0n) is 12.7. The predicted molar refractivity (Wildman–Crippen MR) is 92.0 cm³/mol. The number of hydrogen-bond donors (Lipinski definition) is 2. The first-order valence-corrected chi connectivity index (χ1v) is 7.71. The third kappa shape index (κ3) is 3.68. The Balaban J connectivity index is 0.00000192. The first kappa shape index (κ1) is 17.8. The number of nitrogens with two attached hydrogens (primary N) is 1. The third-order valence-corrected chi connectivity index (χ3v) is 4.31. The molecule has 124 valence electrons. The first-order valence-electron chi connectivity index (χ1n) is 7.34. The van der Waals surface area contributed by atoms with Crippen molar-refractivity contribution in [1.29, 1.82) is 0 Å². The average molecular weight is 356 g/mol. The summed E-state index contributed by atoms with van der Waals surface area (Å²) in [6, 6.07) is 7.25. The molecule has 3 rings (SSSR count). The Kier molecular flexibility index (Phi) is 5.68. The van der Waals surface area contributed by atoms with Crippen LogP contribution in [0.2, 0.25) is 5.02 Å². The molecule has 0 radical (unpaired) electrons. The molecule has 1 atom stereocenters. The molecule has 1 saturated carbocycles. The van der Waals surface area contributed by atoms with Gasteiger partial charge in [0.05, 0.1) is 5.02 Å². The minimum absolute atomic E-state index is 0. The lowest BCUT2D eigenvalue weighted by atomic mass is 10.0. The second kappa shape index (κ2) is 7.34. The van der Waals surface area contributed by atoms with Crippen LogP contribution in [0.4, 0.5) is 0 Å². The molecule has 0 spiro atoms. The summed E-state index contributed by atoms with van der Waals surface area (Å²) < 4.78 is 5.22. The minimum Gasteiger partial charge on any atom is -0.360 e. The largest absolute Gasteiger partial charge is 0.360 e. The van der Waals surface area contributed by atoms with Crippen LogP contribution < -0.4 is 11.1 Å². The molecule has 1 amide bonds. The molecule has 0 aliphatic heterocycles. The highest BCUT2D eigenvalue weighted by molar-refractivity contribution is 6.33. The Bertz CT molecular complexity index is 698. The summed E-state index contributed by atoms with van der Waals surface area (Å²) in [6.07, 6.45) is 2.23. The van der Waals surface area contributed by atoms with Gasteiger partial charge in [0.25, 0.3) is 5.91 Å². The van der Waals surface area contributed by atoms with Gasteiger partial charge in [-0.15, -0.1) is 12.4 Å². The van der Waals surface area contributed by atoms with Gasteiger partial charge in [-0.05, 0) is 31.7 Å². The number of amides is 1. The van der Waals surface area contributed by atoms with Crippen molar-refractivity contribution in [2.45, 2.75) is 25.8 Å². The lowest BCUT2D eigenvalue weighted by Crippen LogP contribution is -2.42. The highest BCUT2D eigenvalue weighted by Gasteiger charge is 2.33. The van der Waals surface area contributed by atoms with Gasteiger partial charge in [0.15, 0.2) is 0 Å². The molecule has 1 fully saturated rings. The molecule has 1 aliphatic carbocycles. The smallest absolute Gasteiger partial charge is 0.257 e. The van der Waals surface area contributed by atoms with E-state index in [9.17, 15) is 4.79 Å².